The highest BCUT2D eigenvalue weighted by Crippen LogP contribution is 2.22. The fourth-order valence-corrected chi connectivity index (χ4v) is 1.86. The summed E-state index contributed by atoms with van der Waals surface area (Å²) in [6, 6.07) is 0. The molecule has 4 nitrogen and oxygen atoms in total. The molecule has 1 aromatic heterocycles. The van der Waals surface area contributed by atoms with Crippen LogP contribution >= 0.6 is 0 Å². The Hall–Kier alpha value is -1.03. The molecule has 1 aliphatic heterocycles. The minimum absolute atomic E-state index is 0.431. The van der Waals surface area contributed by atoms with Crippen molar-refractivity contribution >= 4 is 0 Å². The maximum atomic E-state index is 4.59. The molecule has 1 aromatic rings. The molecule has 1 saturated heterocycles. The van der Waals surface area contributed by atoms with Gasteiger partial charge in [-0.25, -0.2) is 4.98 Å². The van der Waals surface area contributed by atoms with Crippen LogP contribution in [-0.4, -0.2) is 28.3 Å². The van der Waals surface area contributed by atoms with Gasteiger partial charge < -0.3 is 5.32 Å². The highest BCUT2D eigenvalue weighted by molar-refractivity contribution is 5.05. The van der Waals surface area contributed by atoms with Crippen molar-refractivity contribution in [3.63, 3.8) is 0 Å². The Balaban J connectivity index is 2.16. The van der Waals surface area contributed by atoms with Crippen LogP contribution in [0.5, 0.6) is 0 Å². The fraction of sp³-hybridized carbons (Fsp3) is 0.727. The van der Waals surface area contributed by atoms with Crippen molar-refractivity contribution in [2.45, 2.75) is 38.5 Å². The lowest BCUT2D eigenvalue weighted by molar-refractivity contribution is 0.439. The van der Waals surface area contributed by atoms with Gasteiger partial charge in [0.2, 0.25) is 0 Å². The monoisotopic (exact) mass is 206 g/mol. The van der Waals surface area contributed by atoms with Crippen molar-refractivity contribution in [1.29, 1.82) is 0 Å². The van der Waals surface area contributed by atoms with Gasteiger partial charge in [0.15, 0.2) is 5.82 Å². The lowest BCUT2D eigenvalue weighted by Crippen LogP contribution is -2.27. The van der Waals surface area contributed by atoms with Crippen molar-refractivity contribution in [3.8, 4) is 0 Å². The first-order valence-electron chi connectivity index (χ1n) is 5.67. The number of hydrogen-bond donors (Lipinski definition) is 1. The van der Waals surface area contributed by atoms with E-state index < -0.39 is 0 Å². The Morgan fingerprint density at radius 3 is 2.73 bits per heavy atom. The standard InChI is InChI=1S/C11H18N4/c1-8(2)10-7-13-15-11(14-10)9-3-5-12-6-4-9/h7-9,12H,3-6H2,1-2H3. The minimum atomic E-state index is 0.431. The zero-order valence-corrected chi connectivity index (χ0v) is 9.40. The van der Waals surface area contributed by atoms with Crippen molar-refractivity contribution in [2.24, 2.45) is 0 Å². The molecule has 2 heterocycles. The molecule has 0 bridgehead atoms. The highest BCUT2D eigenvalue weighted by Gasteiger charge is 2.18. The van der Waals surface area contributed by atoms with Crippen LogP contribution in [-0.2, 0) is 0 Å². The van der Waals surface area contributed by atoms with Gasteiger partial charge in [-0.05, 0) is 31.8 Å². The average molecular weight is 206 g/mol. The van der Waals surface area contributed by atoms with Crippen LogP contribution in [0.4, 0.5) is 0 Å². The summed E-state index contributed by atoms with van der Waals surface area (Å²) in [4.78, 5) is 4.59. The van der Waals surface area contributed by atoms with Crippen LogP contribution in [0.3, 0.4) is 0 Å². The van der Waals surface area contributed by atoms with E-state index in [1.165, 1.54) is 0 Å². The maximum absolute atomic E-state index is 4.59. The Bertz CT molecular complexity index is 318. The molecule has 4 heteroatoms. The van der Waals surface area contributed by atoms with Gasteiger partial charge in [0, 0.05) is 5.92 Å². The summed E-state index contributed by atoms with van der Waals surface area (Å²) < 4.78 is 0. The first kappa shape index (κ1) is 10.5. The molecule has 0 amide bonds. The molecule has 0 atom stereocenters. The SMILES string of the molecule is CC(C)c1cnnc(C2CCNCC2)n1. The highest BCUT2D eigenvalue weighted by atomic mass is 15.1. The van der Waals surface area contributed by atoms with E-state index in [1.54, 1.807) is 6.20 Å². The molecule has 0 saturated carbocycles. The molecule has 0 radical (unpaired) electrons. The fourth-order valence-electron chi connectivity index (χ4n) is 1.86. The molecule has 15 heavy (non-hydrogen) atoms. The van der Waals surface area contributed by atoms with Gasteiger partial charge in [-0.15, -0.1) is 5.10 Å². The van der Waals surface area contributed by atoms with Crippen molar-refractivity contribution in [1.82, 2.24) is 20.5 Å². The predicted octanol–water partition coefficient (Wildman–Crippen LogP) is 1.46. The van der Waals surface area contributed by atoms with E-state index in [0.717, 1.165) is 37.4 Å². The quantitative estimate of drug-likeness (QED) is 0.796. The van der Waals surface area contributed by atoms with Crippen LogP contribution in [0, 0.1) is 0 Å². The van der Waals surface area contributed by atoms with E-state index in [2.05, 4.69) is 34.3 Å². The zero-order chi connectivity index (χ0) is 10.7. The van der Waals surface area contributed by atoms with Crippen LogP contribution in [0.1, 0.15) is 50.0 Å². The summed E-state index contributed by atoms with van der Waals surface area (Å²) in [7, 11) is 0. The van der Waals surface area contributed by atoms with Crippen LogP contribution in [0.15, 0.2) is 6.20 Å². The van der Waals surface area contributed by atoms with E-state index in [0.29, 0.717) is 11.8 Å². The molecular formula is C11H18N4. The summed E-state index contributed by atoms with van der Waals surface area (Å²) in [5.74, 6) is 1.86. The molecule has 82 valence electrons. The van der Waals surface area contributed by atoms with Gasteiger partial charge in [-0.2, -0.15) is 5.10 Å². The van der Waals surface area contributed by atoms with Gasteiger partial charge >= 0.3 is 0 Å². The third-order valence-electron chi connectivity index (χ3n) is 2.89. The smallest absolute Gasteiger partial charge is 0.154 e. The van der Waals surface area contributed by atoms with Gasteiger partial charge in [0.1, 0.15) is 0 Å². The number of piperidine rings is 1. The minimum Gasteiger partial charge on any atom is -0.317 e. The Kier molecular flexibility index (Phi) is 3.26. The largest absolute Gasteiger partial charge is 0.317 e. The molecular weight excluding hydrogens is 188 g/mol. The van der Waals surface area contributed by atoms with Crippen LogP contribution in [0.2, 0.25) is 0 Å². The second-order valence-electron chi connectivity index (χ2n) is 4.42. The second kappa shape index (κ2) is 4.66. The van der Waals surface area contributed by atoms with E-state index in [4.69, 9.17) is 0 Å². The lowest BCUT2D eigenvalue weighted by atomic mass is 9.97. The van der Waals surface area contributed by atoms with E-state index >= 15 is 0 Å². The van der Waals surface area contributed by atoms with Gasteiger partial charge in [0.25, 0.3) is 0 Å². The average Bonchev–Trinajstić information content (AvgIpc) is 2.30. The normalized spacial score (nSPS) is 18.3. The summed E-state index contributed by atoms with van der Waals surface area (Å²) >= 11 is 0. The van der Waals surface area contributed by atoms with Gasteiger partial charge in [-0.1, -0.05) is 13.8 Å². The summed E-state index contributed by atoms with van der Waals surface area (Å²) in [6.45, 7) is 6.41. The number of rotatable bonds is 2. The number of nitrogens with zero attached hydrogens (tertiary/aromatic N) is 3. The van der Waals surface area contributed by atoms with E-state index in [-0.39, 0.29) is 0 Å². The topological polar surface area (TPSA) is 50.7 Å². The zero-order valence-electron chi connectivity index (χ0n) is 9.40. The Morgan fingerprint density at radius 2 is 2.07 bits per heavy atom. The molecule has 1 fully saturated rings. The molecule has 1 N–H and O–H groups in total. The molecule has 0 aromatic carbocycles. The van der Waals surface area contributed by atoms with Gasteiger partial charge in [-0.3, -0.25) is 0 Å². The van der Waals surface area contributed by atoms with Crippen LogP contribution in [0.25, 0.3) is 0 Å². The van der Waals surface area contributed by atoms with E-state index in [1.807, 2.05) is 0 Å². The Morgan fingerprint density at radius 1 is 1.33 bits per heavy atom. The van der Waals surface area contributed by atoms with Crippen molar-refractivity contribution < 1.29 is 0 Å². The predicted molar refractivity (Wildman–Crippen MR) is 58.8 cm³/mol. The van der Waals surface area contributed by atoms with Crippen molar-refractivity contribution in [2.75, 3.05) is 13.1 Å². The first-order chi connectivity index (χ1) is 7.27. The lowest BCUT2D eigenvalue weighted by Gasteiger charge is -2.21. The van der Waals surface area contributed by atoms with Crippen LogP contribution < -0.4 is 5.32 Å². The van der Waals surface area contributed by atoms with Gasteiger partial charge in [0.05, 0.1) is 11.9 Å². The molecule has 1 aliphatic rings. The first-order valence-corrected chi connectivity index (χ1v) is 5.67. The molecule has 2 rings (SSSR count). The molecule has 0 unspecified atom stereocenters. The number of hydrogen-bond acceptors (Lipinski definition) is 4. The number of nitrogens with one attached hydrogen (secondary N) is 1. The number of aromatic nitrogens is 3. The van der Waals surface area contributed by atoms with E-state index in [9.17, 15) is 0 Å². The molecule has 0 aliphatic carbocycles. The Labute approximate surface area is 90.5 Å². The maximum Gasteiger partial charge on any atom is 0.154 e. The molecule has 0 spiro atoms. The summed E-state index contributed by atoms with van der Waals surface area (Å²) in [5, 5.41) is 11.6. The third-order valence-corrected chi connectivity index (χ3v) is 2.89. The summed E-state index contributed by atoms with van der Waals surface area (Å²) in [5.41, 5.74) is 1.05. The third kappa shape index (κ3) is 2.50. The van der Waals surface area contributed by atoms with Crippen molar-refractivity contribution in [3.05, 3.63) is 17.7 Å². The second-order valence-corrected chi connectivity index (χ2v) is 4.42. The summed E-state index contributed by atoms with van der Waals surface area (Å²) in [6.07, 6.45) is 4.03.